The molecular weight excluding hydrogens is 312 g/mol. The van der Waals surface area contributed by atoms with E-state index in [-0.39, 0.29) is 11.7 Å². The van der Waals surface area contributed by atoms with Gasteiger partial charge in [-0.2, -0.15) is 0 Å². The Hall–Kier alpha value is -2.28. The lowest BCUT2D eigenvalue weighted by Gasteiger charge is -2.11. The molecule has 0 bridgehead atoms. The number of thioether (sulfide) groups is 1. The molecule has 0 aliphatic carbocycles. The second-order valence-electron chi connectivity index (χ2n) is 5.33. The maximum Gasteiger partial charge on any atom is 0.239 e. The first-order valence-corrected chi connectivity index (χ1v) is 8.19. The second-order valence-corrected chi connectivity index (χ2v) is 6.27. The predicted octanol–water partition coefficient (Wildman–Crippen LogP) is 1.57. The van der Waals surface area contributed by atoms with Crippen LogP contribution < -0.4 is 11.1 Å². The van der Waals surface area contributed by atoms with Gasteiger partial charge in [-0.3, -0.25) is 14.2 Å². The van der Waals surface area contributed by atoms with E-state index < -0.39 is 11.9 Å². The Morgan fingerprint density at radius 3 is 2.74 bits per heavy atom. The van der Waals surface area contributed by atoms with Crippen LogP contribution >= 0.6 is 11.8 Å². The number of carbonyl (C=O) groups is 2. The Morgan fingerprint density at radius 1 is 1.35 bits per heavy atom. The number of hydrogen-bond acceptors (Lipinski definition) is 4. The first kappa shape index (κ1) is 17.1. The molecule has 3 N–H and O–H groups in total. The van der Waals surface area contributed by atoms with Crippen LogP contribution in [0.5, 0.6) is 0 Å². The van der Waals surface area contributed by atoms with Crippen molar-refractivity contribution in [1.29, 1.82) is 0 Å². The molecule has 1 aromatic heterocycles. The third kappa shape index (κ3) is 4.35. The SMILES string of the molecule is Cc1ccc(-n2ccnc2SCC(=O)NC(C)C(N)=O)cc1C. The number of hydrogen-bond donors (Lipinski definition) is 2. The molecule has 0 fully saturated rings. The third-order valence-electron chi connectivity index (χ3n) is 3.51. The van der Waals surface area contributed by atoms with Crippen LogP contribution in [0.1, 0.15) is 18.1 Å². The zero-order valence-electron chi connectivity index (χ0n) is 13.4. The summed E-state index contributed by atoms with van der Waals surface area (Å²) in [5, 5.41) is 3.26. The summed E-state index contributed by atoms with van der Waals surface area (Å²) in [6, 6.07) is 5.47. The van der Waals surface area contributed by atoms with Gasteiger partial charge in [-0.05, 0) is 44.0 Å². The molecule has 2 aromatic rings. The highest BCUT2D eigenvalue weighted by Crippen LogP contribution is 2.22. The molecule has 1 atom stereocenters. The van der Waals surface area contributed by atoms with Gasteiger partial charge in [-0.15, -0.1) is 0 Å². The van der Waals surface area contributed by atoms with Gasteiger partial charge < -0.3 is 11.1 Å². The molecule has 0 aliphatic heterocycles. The normalized spacial score (nSPS) is 12.0. The van der Waals surface area contributed by atoms with Crippen LogP contribution in [0, 0.1) is 13.8 Å². The third-order valence-corrected chi connectivity index (χ3v) is 4.48. The maximum atomic E-state index is 11.8. The fourth-order valence-electron chi connectivity index (χ4n) is 1.95. The molecule has 0 spiro atoms. The molecule has 2 amide bonds. The minimum Gasteiger partial charge on any atom is -0.368 e. The number of benzene rings is 1. The molecule has 2 rings (SSSR count). The molecule has 122 valence electrons. The van der Waals surface area contributed by atoms with E-state index in [1.54, 1.807) is 13.1 Å². The van der Waals surface area contributed by atoms with E-state index >= 15 is 0 Å². The van der Waals surface area contributed by atoms with Crippen molar-refractivity contribution in [3.8, 4) is 5.69 Å². The van der Waals surface area contributed by atoms with Crippen LogP contribution in [-0.2, 0) is 9.59 Å². The number of amides is 2. The molecule has 1 unspecified atom stereocenters. The van der Waals surface area contributed by atoms with Crippen LogP contribution in [0.3, 0.4) is 0 Å². The summed E-state index contributed by atoms with van der Waals surface area (Å²) in [5.41, 5.74) is 8.54. The molecule has 0 aliphatic rings. The second kappa shape index (κ2) is 7.32. The van der Waals surface area contributed by atoms with Crippen LogP contribution in [0.4, 0.5) is 0 Å². The molecule has 0 saturated carbocycles. The zero-order chi connectivity index (χ0) is 17.0. The average Bonchev–Trinajstić information content (AvgIpc) is 2.96. The van der Waals surface area contributed by atoms with E-state index in [2.05, 4.69) is 36.3 Å². The van der Waals surface area contributed by atoms with Crippen molar-refractivity contribution in [3.05, 3.63) is 41.7 Å². The molecule has 1 heterocycles. The monoisotopic (exact) mass is 332 g/mol. The summed E-state index contributed by atoms with van der Waals surface area (Å²) >= 11 is 1.31. The molecule has 1 aromatic carbocycles. The van der Waals surface area contributed by atoms with E-state index in [0.717, 1.165) is 10.8 Å². The zero-order valence-corrected chi connectivity index (χ0v) is 14.2. The predicted molar refractivity (Wildman–Crippen MR) is 90.6 cm³/mol. The van der Waals surface area contributed by atoms with Crippen molar-refractivity contribution < 1.29 is 9.59 Å². The molecule has 7 heteroatoms. The summed E-state index contributed by atoms with van der Waals surface area (Å²) in [4.78, 5) is 27.1. The number of rotatable bonds is 6. The Balaban J connectivity index is 2.05. The first-order valence-electron chi connectivity index (χ1n) is 7.21. The number of nitrogens with zero attached hydrogens (tertiary/aromatic N) is 2. The van der Waals surface area contributed by atoms with Gasteiger partial charge in [0.25, 0.3) is 0 Å². The highest BCUT2D eigenvalue weighted by atomic mass is 32.2. The number of nitrogens with one attached hydrogen (secondary N) is 1. The van der Waals surface area contributed by atoms with Gasteiger partial charge in [0, 0.05) is 18.1 Å². The molecule has 0 radical (unpaired) electrons. The molecule has 23 heavy (non-hydrogen) atoms. The number of nitrogens with two attached hydrogens (primary N) is 1. The molecular formula is C16H20N4O2S. The van der Waals surface area contributed by atoms with Gasteiger partial charge in [-0.25, -0.2) is 4.98 Å². The fraction of sp³-hybridized carbons (Fsp3) is 0.312. The van der Waals surface area contributed by atoms with Crippen LogP contribution in [0.25, 0.3) is 5.69 Å². The lowest BCUT2D eigenvalue weighted by Crippen LogP contribution is -2.42. The Morgan fingerprint density at radius 2 is 2.09 bits per heavy atom. The lowest BCUT2D eigenvalue weighted by molar-refractivity contribution is -0.125. The van der Waals surface area contributed by atoms with Gasteiger partial charge in [0.2, 0.25) is 11.8 Å². The first-order chi connectivity index (χ1) is 10.9. The van der Waals surface area contributed by atoms with Crippen molar-refractivity contribution in [2.45, 2.75) is 32.0 Å². The topological polar surface area (TPSA) is 90.0 Å². The summed E-state index contributed by atoms with van der Waals surface area (Å²) in [5.74, 6) is -0.643. The number of aromatic nitrogens is 2. The fourth-order valence-corrected chi connectivity index (χ4v) is 2.74. The molecule has 0 saturated heterocycles. The van der Waals surface area contributed by atoms with E-state index in [0.29, 0.717) is 0 Å². The number of carbonyl (C=O) groups excluding carboxylic acids is 2. The van der Waals surface area contributed by atoms with Crippen LogP contribution in [0.15, 0.2) is 35.7 Å². The summed E-state index contributed by atoms with van der Waals surface area (Å²) < 4.78 is 1.93. The van der Waals surface area contributed by atoms with Crippen LogP contribution in [-0.4, -0.2) is 33.2 Å². The summed E-state index contributed by atoms with van der Waals surface area (Å²) in [7, 11) is 0. The van der Waals surface area contributed by atoms with E-state index in [4.69, 9.17) is 5.73 Å². The van der Waals surface area contributed by atoms with Crippen molar-refractivity contribution in [1.82, 2.24) is 14.9 Å². The summed E-state index contributed by atoms with van der Waals surface area (Å²) in [6.45, 7) is 5.68. The average molecular weight is 332 g/mol. The maximum absolute atomic E-state index is 11.8. The number of aryl methyl sites for hydroxylation is 2. The van der Waals surface area contributed by atoms with Crippen molar-refractivity contribution in [2.75, 3.05) is 5.75 Å². The van der Waals surface area contributed by atoms with Crippen LogP contribution in [0.2, 0.25) is 0 Å². The van der Waals surface area contributed by atoms with Gasteiger partial charge in [0.1, 0.15) is 6.04 Å². The Labute approximate surface area is 139 Å². The highest BCUT2D eigenvalue weighted by molar-refractivity contribution is 7.99. The van der Waals surface area contributed by atoms with E-state index in [1.807, 2.05) is 16.8 Å². The van der Waals surface area contributed by atoms with Gasteiger partial charge >= 0.3 is 0 Å². The Bertz CT molecular complexity index is 727. The Kier molecular flexibility index (Phi) is 5.44. The lowest BCUT2D eigenvalue weighted by atomic mass is 10.1. The van der Waals surface area contributed by atoms with Crippen molar-refractivity contribution >= 4 is 23.6 Å². The van der Waals surface area contributed by atoms with E-state index in [1.165, 1.54) is 22.9 Å². The minimum atomic E-state index is -0.678. The van der Waals surface area contributed by atoms with Crippen molar-refractivity contribution in [3.63, 3.8) is 0 Å². The summed E-state index contributed by atoms with van der Waals surface area (Å²) in [6.07, 6.45) is 3.55. The van der Waals surface area contributed by atoms with Crippen molar-refractivity contribution in [2.24, 2.45) is 5.73 Å². The van der Waals surface area contributed by atoms with Gasteiger partial charge in [0.15, 0.2) is 5.16 Å². The highest BCUT2D eigenvalue weighted by Gasteiger charge is 2.14. The van der Waals surface area contributed by atoms with E-state index in [9.17, 15) is 9.59 Å². The standard InChI is InChI=1S/C16H20N4O2S/c1-10-4-5-13(8-11(10)2)20-7-6-18-16(20)23-9-14(21)19-12(3)15(17)22/h4-8,12H,9H2,1-3H3,(H2,17,22)(H,19,21). The minimum absolute atomic E-state index is 0.166. The van der Waals surface area contributed by atoms with Gasteiger partial charge in [0.05, 0.1) is 5.75 Å². The quantitative estimate of drug-likeness (QED) is 0.786. The number of imidazole rings is 1. The number of primary amides is 1. The smallest absolute Gasteiger partial charge is 0.239 e. The van der Waals surface area contributed by atoms with Gasteiger partial charge in [-0.1, -0.05) is 17.8 Å². The molecule has 6 nitrogen and oxygen atoms in total. The largest absolute Gasteiger partial charge is 0.368 e.